The molecule has 2 heteroatoms. The van der Waals surface area contributed by atoms with Crippen molar-refractivity contribution in [2.45, 2.75) is 20.0 Å². The van der Waals surface area contributed by atoms with Crippen LogP contribution in [-0.2, 0) is 0 Å². The first-order chi connectivity index (χ1) is 4.70. The van der Waals surface area contributed by atoms with Gasteiger partial charge in [-0.1, -0.05) is 6.07 Å². The van der Waals surface area contributed by atoms with Crippen molar-refractivity contribution in [3.8, 4) is 0 Å². The second-order valence-corrected chi connectivity index (χ2v) is 2.47. The Kier molecular flexibility index (Phi) is 2.02. The molecule has 54 valence electrons. The van der Waals surface area contributed by atoms with Crippen LogP contribution in [0.4, 0.5) is 0 Å². The molecule has 0 radical (unpaired) electrons. The molecule has 0 aliphatic heterocycles. The van der Waals surface area contributed by atoms with Crippen molar-refractivity contribution in [2.75, 3.05) is 0 Å². The molecule has 0 spiro atoms. The van der Waals surface area contributed by atoms with Crippen LogP contribution < -0.4 is 0 Å². The number of aliphatic hydroxyl groups is 1. The Bertz CT molecular complexity index is 220. The number of pyridine rings is 1. The van der Waals surface area contributed by atoms with Crippen molar-refractivity contribution in [1.82, 2.24) is 4.98 Å². The Morgan fingerprint density at radius 1 is 1.50 bits per heavy atom. The Hall–Kier alpha value is -0.890. The number of aromatic nitrogens is 1. The van der Waals surface area contributed by atoms with Gasteiger partial charge in [0.2, 0.25) is 0 Å². The zero-order chi connectivity index (χ0) is 7.56. The van der Waals surface area contributed by atoms with E-state index in [2.05, 4.69) is 4.98 Å². The Labute approximate surface area is 60.5 Å². The minimum atomic E-state index is -0.410. The molecule has 0 fully saturated rings. The lowest BCUT2D eigenvalue weighted by atomic mass is 10.1. The standard InChI is InChI=1S/C8H11NO/c1-6-3-8(7(2)10)5-9-4-6/h3-5,7,10H,1-2H3/t7-/m0/s1. The molecular formula is C8H11NO. The van der Waals surface area contributed by atoms with Crippen molar-refractivity contribution in [1.29, 1.82) is 0 Å². The average molecular weight is 137 g/mol. The Balaban J connectivity index is 2.96. The zero-order valence-electron chi connectivity index (χ0n) is 6.20. The van der Waals surface area contributed by atoms with Crippen molar-refractivity contribution < 1.29 is 5.11 Å². The molecule has 1 aromatic heterocycles. The molecule has 1 atom stereocenters. The molecule has 0 bridgehead atoms. The molecule has 10 heavy (non-hydrogen) atoms. The first-order valence-electron chi connectivity index (χ1n) is 3.30. The summed E-state index contributed by atoms with van der Waals surface area (Å²) in [7, 11) is 0. The van der Waals surface area contributed by atoms with E-state index in [9.17, 15) is 0 Å². The van der Waals surface area contributed by atoms with E-state index in [-0.39, 0.29) is 0 Å². The van der Waals surface area contributed by atoms with Gasteiger partial charge < -0.3 is 5.11 Å². The third kappa shape index (κ3) is 1.54. The zero-order valence-corrected chi connectivity index (χ0v) is 6.20. The lowest BCUT2D eigenvalue weighted by Crippen LogP contribution is -1.91. The van der Waals surface area contributed by atoms with E-state index >= 15 is 0 Å². The average Bonchev–Trinajstić information content (AvgIpc) is 1.88. The summed E-state index contributed by atoms with van der Waals surface area (Å²) in [6, 6.07) is 1.93. The van der Waals surface area contributed by atoms with Crippen molar-refractivity contribution in [3.05, 3.63) is 29.6 Å². The van der Waals surface area contributed by atoms with Crippen LogP contribution >= 0.6 is 0 Å². The normalized spacial score (nSPS) is 13.1. The van der Waals surface area contributed by atoms with Crippen LogP contribution in [0.2, 0.25) is 0 Å². The summed E-state index contributed by atoms with van der Waals surface area (Å²) in [5.74, 6) is 0. The second-order valence-electron chi connectivity index (χ2n) is 2.47. The van der Waals surface area contributed by atoms with Crippen LogP contribution in [0.1, 0.15) is 24.2 Å². The third-order valence-electron chi connectivity index (χ3n) is 1.38. The van der Waals surface area contributed by atoms with Gasteiger partial charge in [-0.05, 0) is 25.0 Å². The van der Waals surface area contributed by atoms with Gasteiger partial charge in [0.1, 0.15) is 0 Å². The molecule has 0 aliphatic carbocycles. The van der Waals surface area contributed by atoms with Crippen LogP contribution in [-0.4, -0.2) is 10.1 Å². The maximum Gasteiger partial charge on any atom is 0.0776 e. The highest BCUT2D eigenvalue weighted by molar-refractivity contribution is 5.17. The molecule has 1 N–H and O–H groups in total. The number of rotatable bonds is 1. The number of nitrogens with zero attached hydrogens (tertiary/aromatic N) is 1. The van der Waals surface area contributed by atoms with Crippen LogP contribution in [0.3, 0.4) is 0 Å². The number of aliphatic hydroxyl groups excluding tert-OH is 1. The van der Waals surface area contributed by atoms with Crippen LogP contribution in [0.15, 0.2) is 18.5 Å². The number of hydrogen-bond donors (Lipinski definition) is 1. The minimum absolute atomic E-state index is 0.410. The fourth-order valence-electron chi connectivity index (χ4n) is 0.807. The molecule has 0 unspecified atom stereocenters. The fraction of sp³-hybridized carbons (Fsp3) is 0.375. The van der Waals surface area contributed by atoms with Gasteiger partial charge in [0.15, 0.2) is 0 Å². The van der Waals surface area contributed by atoms with Gasteiger partial charge in [0.25, 0.3) is 0 Å². The molecule has 1 heterocycles. The van der Waals surface area contributed by atoms with Gasteiger partial charge in [-0.25, -0.2) is 0 Å². The van der Waals surface area contributed by atoms with Gasteiger partial charge in [-0.15, -0.1) is 0 Å². The smallest absolute Gasteiger partial charge is 0.0776 e. The molecule has 0 aliphatic rings. The molecule has 1 rings (SSSR count). The van der Waals surface area contributed by atoms with E-state index in [1.807, 2.05) is 13.0 Å². The fourth-order valence-corrected chi connectivity index (χ4v) is 0.807. The molecule has 0 saturated carbocycles. The van der Waals surface area contributed by atoms with Crippen LogP contribution in [0, 0.1) is 6.92 Å². The van der Waals surface area contributed by atoms with Gasteiger partial charge in [-0.3, -0.25) is 4.98 Å². The Morgan fingerprint density at radius 2 is 2.20 bits per heavy atom. The quantitative estimate of drug-likeness (QED) is 0.635. The maximum absolute atomic E-state index is 9.11. The van der Waals surface area contributed by atoms with E-state index < -0.39 is 6.10 Å². The predicted molar refractivity (Wildman–Crippen MR) is 39.6 cm³/mol. The van der Waals surface area contributed by atoms with E-state index in [4.69, 9.17) is 5.11 Å². The highest BCUT2D eigenvalue weighted by Gasteiger charge is 1.98. The van der Waals surface area contributed by atoms with Crippen molar-refractivity contribution in [3.63, 3.8) is 0 Å². The molecule has 0 aromatic carbocycles. The van der Waals surface area contributed by atoms with E-state index in [0.717, 1.165) is 11.1 Å². The molecule has 0 saturated heterocycles. The van der Waals surface area contributed by atoms with Gasteiger partial charge in [0, 0.05) is 12.4 Å². The SMILES string of the molecule is Cc1cncc([C@H](C)O)c1. The first kappa shape index (κ1) is 7.22. The summed E-state index contributed by atoms with van der Waals surface area (Å²) >= 11 is 0. The summed E-state index contributed by atoms with van der Waals surface area (Å²) in [5, 5.41) is 9.11. The summed E-state index contributed by atoms with van der Waals surface area (Å²) in [5.41, 5.74) is 1.96. The van der Waals surface area contributed by atoms with Gasteiger partial charge in [-0.2, -0.15) is 0 Å². The van der Waals surface area contributed by atoms with Crippen LogP contribution in [0.5, 0.6) is 0 Å². The third-order valence-corrected chi connectivity index (χ3v) is 1.38. The summed E-state index contributed by atoms with van der Waals surface area (Å²) in [6.45, 7) is 3.69. The highest BCUT2D eigenvalue weighted by Crippen LogP contribution is 2.10. The van der Waals surface area contributed by atoms with Crippen molar-refractivity contribution >= 4 is 0 Å². The lowest BCUT2D eigenvalue weighted by Gasteiger charge is -2.02. The summed E-state index contributed by atoms with van der Waals surface area (Å²) < 4.78 is 0. The number of aryl methyl sites for hydroxylation is 1. The van der Waals surface area contributed by atoms with Crippen molar-refractivity contribution in [2.24, 2.45) is 0 Å². The molecule has 2 nitrogen and oxygen atoms in total. The largest absolute Gasteiger partial charge is 0.389 e. The predicted octanol–water partition coefficient (Wildman–Crippen LogP) is 1.44. The van der Waals surface area contributed by atoms with E-state index in [1.165, 1.54) is 0 Å². The number of hydrogen-bond acceptors (Lipinski definition) is 2. The minimum Gasteiger partial charge on any atom is -0.389 e. The lowest BCUT2D eigenvalue weighted by molar-refractivity contribution is 0.199. The second kappa shape index (κ2) is 2.80. The molecular weight excluding hydrogens is 126 g/mol. The monoisotopic (exact) mass is 137 g/mol. The van der Waals surface area contributed by atoms with Gasteiger partial charge >= 0.3 is 0 Å². The Morgan fingerprint density at radius 3 is 2.60 bits per heavy atom. The highest BCUT2D eigenvalue weighted by atomic mass is 16.3. The summed E-state index contributed by atoms with van der Waals surface area (Å²) in [4.78, 5) is 3.95. The molecule has 1 aromatic rings. The van der Waals surface area contributed by atoms with E-state index in [1.54, 1.807) is 19.3 Å². The molecule has 0 amide bonds. The summed E-state index contributed by atoms with van der Waals surface area (Å²) in [6.07, 6.45) is 3.04. The topological polar surface area (TPSA) is 33.1 Å². The maximum atomic E-state index is 9.11. The first-order valence-corrected chi connectivity index (χ1v) is 3.30. The van der Waals surface area contributed by atoms with E-state index in [0.29, 0.717) is 0 Å². The van der Waals surface area contributed by atoms with Crippen LogP contribution in [0.25, 0.3) is 0 Å². The van der Waals surface area contributed by atoms with Gasteiger partial charge in [0.05, 0.1) is 6.10 Å².